The third kappa shape index (κ3) is 11.3. The molecule has 0 aliphatic carbocycles. The van der Waals surface area contributed by atoms with E-state index in [1.165, 1.54) is 0 Å². The lowest BCUT2D eigenvalue weighted by molar-refractivity contribution is 0.178. The minimum absolute atomic E-state index is 0. The average Bonchev–Trinajstić information content (AvgIpc) is 2.61. The van der Waals surface area contributed by atoms with Crippen LogP contribution in [0, 0.1) is 0 Å². The zero-order valence-electron chi connectivity index (χ0n) is 18.9. The van der Waals surface area contributed by atoms with Crippen molar-refractivity contribution in [3.8, 4) is 0 Å². The van der Waals surface area contributed by atoms with E-state index in [-0.39, 0.29) is 36.0 Å². The number of guanidine groups is 1. The van der Waals surface area contributed by atoms with Crippen LogP contribution in [0.3, 0.4) is 0 Å². The lowest BCUT2D eigenvalue weighted by Gasteiger charge is -2.30. The minimum Gasteiger partial charge on any atom is -0.355 e. The molecule has 29 heavy (non-hydrogen) atoms. The number of benzene rings is 1. The van der Waals surface area contributed by atoms with Gasteiger partial charge >= 0.3 is 6.03 Å². The highest BCUT2D eigenvalue weighted by Gasteiger charge is 2.12. The van der Waals surface area contributed by atoms with E-state index in [0.29, 0.717) is 18.6 Å². The van der Waals surface area contributed by atoms with Crippen molar-refractivity contribution in [3.63, 3.8) is 0 Å². The Balaban J connectivity index is 0.00000784. The molecule has 166 valence electrons. The molecule has 0 aliphatic heterocycles. The Bertz CT molecular complexity index is 608. The smallest absolute Gasteiger partial charge is 0.319 e. The van der Waals surface area contributed by atoms with E-state index in [1.54, 1.807) is 7.05 Å². The van der Waals surface area contributed by atoms with Gasteiger partial charge in [-0.25, -0.2) is 4.79 Å². The predicted molar refractivity (Wildman–Crippen MR) is 134 cm³/mol. The van der Waals surface area contributed by atoms with Crippen molar-refractivity contribution in [1.29, 1.82) is 0 Å². The van der Waals surface area contributed by atoms with Gasteiger partial charge in [0, 0.05) is 50.5 Å². The van der Waals surface area contributed by atoms with Gasteiger partial charge in [-0.1, -0.05) is 12.1 Å². The topological polar surface area (TPSA) is 80.8 Å². The zero-order chi connectivity index (χ0) is 21.1. The molecule has 4 N–H and O–H groups in total. The second kappa shape index (κ2) is 14.4. The van der Waals surface area contributed by atoms with Crippen molar-refractivity contribution < 1.29 is 4.79 Å². The van der Waals surface area contributed by atoms with E-state index >= 15 is 0 Å². The van der Waals surface area contributed by atoms with E-state index in [0.717, 1.165) is 30.3 Å². The number of hydrogen-bond donors (Lipinski definition) is 4. The molecule has 8 heteroatoms. The molecule has 1 aromatic rings. The fourth-order valence-electron chi connectivity index (χ4n) is 2.96. The van der Waals surface area contributed by atoms with Crippen LogP contribution in [0.1, 0.15) is 47.1 Å². The van der Waals surface area contributed by atoms with E-state index in [2.05, 4.69) is 58.9 Å². The maximum absolute atomic E-state index is 11.7. The summed E-state index contributed by atoms with van der Waals surface area (Å²) >= 11 is 0. The molecule has 0 bridgehead atoms. The predicted octanol–water partition coefficient (Wildman–Crippen LogP) is 3.62. The molecule has 0 atom stereocenters. The maximum Gasteiger partial charge on any atom is 0.319 e. The van der Waals surface area contributed by atoms with Crippen molar-refractivity contribution in [3.05, 3.63) is 29.8 Å². The van der Waals surface area contributed by atoms with Crippen LogP contribution in [0.2, 0.25) is 0 Å². The Morgan fingerprint density at radius 3 is 2.07 bits per heavy atom. The summed E-state index contributed by atoms with van der Waals surface area (Å²) in [7, 11) is 1.78. The monoisotopic (exact) mass is 518 g/mol. The molecular weight excluding hydrogens is 479 g/mol. The standard InChI is InChI=1S/C21H38N6O.HI/c1-15(2)25-21(28)26-19-10-8-18(9-11-19)14-24-20(22-7)23-12-13-27(16(3)4)17(5)6;/h8-11,15-17H,12-14H2,1-7H3,(H2,22,23,24)(H2,25,26,28);1H. The molecule has 0 spiro atoms. The molecule has 2 amide bonds. The fourth-order valence-corrected chi connectivity index (χ4v) is 2.96. The second-order valence-electron chi connectivity index (χ2n) is 7.73. The summed E-state index contributed by atoms with van der Waals surface area (Å²) in [5.41, 5.74) is 1.88. The molecule has 1 rings (SSSR count). The first kappa shape index (κ1) is 27.5. The van der Waals surface area contributed by atoms with Crippen LogP contribution in [-0.2, 0) is 6.54 Å². The lowest BCUT2D eigenvalue weighted by atomic mass is 10.2. The number of carbonyl (C=O) groups excluding carboxylic acids is 1. The number of nitrogens with one attached hydrogen (secondary N) is 4. The van der Waals surface area contributed by atoms with Gasteiger partial charge in [0.1, 0.15) is 0 Å². The summed E-state index contributed by atoms with van der Waals surface area (Å²) in [6, 6.07) is 8.73. The third-order valence-corrected chi connectivity index (χ3v) is 4.30. The van der Waals surface area contributed by atoms with Crippen LogP contribution in [0.25, 0.3) is 0 Å². The number of nitrogens with zero attached hydrogens (tertiary/aromatic N) is 2. The molecule has 0 fully saturated rings. The maximum atomic E-state index is 11.7. The van der Waals surface area contributed by atoms with Crippen LogP contribution in [0.15, 0.2) is 29.3 Å². The van der Waals surface area contributed by atoms with Gasteiger partial charge in [-0.3, -0.25) is 9.89 Å². The molecule has 0 aromatic heterocycles. The van der Waals surface area contributed by atoms with Crippen LogP contribution >= 0.6 is 24.0 Å². The molecule has 1 aromatic carbocycles. The highest BCUT2D eigenvalue weighted by Crippen LogP contribution is 2.09. The van der Waals surface area contributed by atoms with E-state index in [4.69, 9.17) is 0 Å². The summed E-state index contributed by atoms with van der Waals surface area (Å²) in [6.07, 6.45) is 0. The first-order valence-electron chi connectivity index (χ1n) is 10.1. The first-order valence-corrected chi connectivity index (χ1v) is 10.1. The largest absolute Gasteiger partial charge is 0.355 e. The summed E-state index contributed by atoms with van der Waals surface area (Å²) in [5.74, 6) is 0.783. The Hall–Kier alpha value is -1.55. The van der Waals surface area contributed by atoms with E-state index in [9.17, 15) is 4.79 Å². The summed E-state index contributed by atoms with van der Waals surface area (Å²) in [5, 5.41) is 12.3. The van der Waals surface area contributed by atoms with E-state index in [1.807, 2.05) is 38.1 Å². The quantitative estimate of drug-likeness (QED) is 0.229. The van der Waals surface area contributed by atoms with E-state index < -0.39 is 0 Å². The molecule has 0 saturated heterocycles. The van der Waals surface area contributed by atoms with Crippen LogP contribution in [0.4, 0.5) is 10.5 Å². The van der Waals surface area contributed by atoms with Crippen LogP contribution in [-0.4, -0.2) is 55.2 Å². The van der Waals surface area contributed by atoms with Gasteiger partial charge in [0.25, 0.3) is 0 Å². The number of urea groups is 1. The number of anilines is 1. The van der Waals surface area contributed by atoms with Gasteiger partial charge in [0.15, 0.2) is 5.96 Å². The highest BCUT2D eigenvalue weighted by molar-refractivity contribution is 14.0. The van der Waals surface area contributed by atoms with Crippen LogP contribution < -0.4 is 21.3 Å². The van der Waals surface area contributed by atoms with Crippen molar-refractivity contribution in [2.75, 3.05) is 25.5 Å². The molecule has 0 aliphatic rings. The molecule has 0 radical (unpaired) electrons. The van der Waals surface area contributed by atoms with Gasteiger partial charge in [-0.2, -0.15) is 0 Å². The number of hydrogen-bond acceptors (Lipinski definition) is 3. The molecule has 0 heterocycles. The molecular formula is C21H39IN6O. The third-order valence-electron chi connectivity index (χ3n) is 4.30. The lowest BCUT2D eigenvalue weighted by Crippen LogP contribution is -2.45. The average molecular weight is 518 g/mol. The number of aliphatic imine (C=N–C) groups is 1. The Kier molecular flexibility index (Phi) is 13.7. The summed E-state index contributed by atoms with van der Waals surface area (Å²) in [6.45, 7) is 15.2. The van der Waals surface area contributed by atoms with Gasteiger partial charge in [-0.05, 0) is 59.2 Å². The Morgan fingerprint density at radius 2 is 1.59 bits per heavy atom. The van der Waals surface area contributed by atoms with Gasteiger partial charge in [-0.15, -0.1) is 24.0 Å². The molecule has 7 nitrogen and oxygen atoms in total. The molecule has 0 saturated carbocycles. The fraction of sp³-hybridized carbons (Fsp3) is 0.619. The van der Waals surface area contributed by atoms with Gasteiger partial charge < -0.3 is 21.3 Å². The zero-order valence-corrected chi connectivity index (χ0v) is 21.2. The summed E-state index contributed by atoms with van der Waals surface area (Å²) < 4.78 is 0. The van der Waals surface area contributed by atoms with Gasteiger partial charge in [0.05, 0.1) is 0 Å². The number of rotatable bonds is 9. The number of amides is 2. The minimum atomic E-state index is -0.192. The van der Waals surface area contributed by atoms with Crippen molar-refractivity contribution in [2.45, 2.75) is 66.2 Å². The number of carbonyl (C=O) groups is 1. The van der Waals surface area contributed by atoms with Crippen LogP contribution in [0.5, 0.6) is 0 Å². The Labute approximate surface area is 193 Å². The SMILES string of the molecule is CN=C(NCCN(C(C)C)C(C)C)NCc1ccc(NC(=O)NC(C)C)cc1.I. The normalized spacial score (nSPS) is 11.6. The van der Waals surface area contributed by atoms with Crippen molar-refractivity contribution >= 4 is 41.7 Å². The highest BCUT2D eigenvalue weighted by atomic mass is 127. The van der Waals surface area contributed by atoms with Crippen molar-refractivity contribution in [2.24, 2.45) is 4.99 Å². The Morgan fingerprint density at radius 1 is 1.00 bits per heavy atom. The summed E-state index contributed by atoms with van der Waals surface area (Å²) in [4.78, 5) is 18.5. The number of halogens is 1. The van der Waals surface area contributed by atoms with Gasteiger partial charge in [0.2, 0.25) is 0 Å². The first-order chi connectivity index (χ1) is 13.2. The van der Waals surface area contributed by atoms with Crippen molar-refractivity contribution in [1.82, 2.24) is 20.9 Å². The molecule has 0 unspecified atom stereocenters. The second-order valence-corrected chi connectivity index (χ2v) is 7.73.